The molecule has 0 aromatic heterocycles. The average molecular weight is 437 g/mol. The lowest BCUT2D eigenvalue weighted by atomic mass is 10.0. The van der Waals surface area contributed by atoms with E-state index in [0.29, 0.717) is 12.2 Å². The molecule has 1 aliphatic rings. The van der Waals surface area contributed by atoms with E-state index < -0.39 is 10.0 Å². The number of phenolic OH excluding ortho intramolecular Hbond substituents is 1. The Balaban J connectivity index is 1.59. The summed E-state index contributed by atoms with van der Waals surface area (Å²) in [6.45, 7) is 2.21. The highest BCUT2D eigenvalue weighted by Crippen LogP contribution is 2.32. The van der Waals surface area contributed by atoms with E-state index in [1.807, 2.05) is 24.3 Å². The van der Waals surface area contributed by atoms with Gasteiger partial charge in [0.25, 0.3) is 15.9 Å². The van der Waals surface area contributed by atoms with Gasteiger partial charge in [0, 0.05) is 12.1 Å². The predicted molar refractivity (Wildman–Crippen MR) is 120 cm³/mol. The normalized spacial score (nSPS) is 14.5. The van der Waals surface area contributed by atoms with Crippen molar-refractivity contribution in [1.82, 2.24) is 5.32 Å². The molecular weight excluding hydrogens is 412 g/mol. The van der Waals surface area contributed by atoms with Gasteiger partial charge in [-0.15, -0.1) is 0 Å². The molecule has 3 aromatic carbocycles. The van der Waals surface area contributed by atoms with E-state index in [2.05, 4.69) is 5.32 Å². The van der Waals surface area contributed by atoms with Crippen LogP contribution in [0.4, 0.5) is 5.69 Å². The van der Waals surface area contributed by atoms with Crippen LogP contribution in [0.15, 0.2) is 77.7 Å². The summed E-state index contributed by atoms with van der Waals surface area (Å²) < 4.78 is 28.2. The standard InChI is InChI=1S/C24H24N2O4S/c1-17(19-8-4-11-21(27)15-19)25-24(28)20-9-5-12-22(16-20)31(29,30)26-14-6-10-18-7-2-3-13-23(18)26/h2-5,7-9,11-13,15-17,27H,6,10,14H2,1H3,(H,25,28)/t17-/m0/s1. The first-order chi connectivity index (χ1) is 14.9. The molecule has 1 aliphatic heterocycles. The molecule has 160 valence electrons. The number of rotatable bonds is 5. The van der Waals surface area contributed by atoms with Crippen LogP contribution in [-0.2, 0) is 16.4 Å². The van der Waals surface area contributed by atoms with E-state index in [0.717, 1.165) is 24.0 Å². The van der Waals surface area contributed by atoms with Crippen LogP contribution in [0.2, 0.25) is 0 Å². The van der Waals surface area contributed by atoms with E-state index in [-0.39, 0.29) is 28.2 Å². The summed E-state index contributed by atoms with van der Waals surface area (Å²) in [6, 6.07) is 19.9. The van der Waals surface area contributed by atoms with Crippen LogP contribution in [0.25, 0.3) is 0 Å². The number of carbonyl (C=O) groups excluding carboxylic acids is 1. The fraction of sp³-hybridized carbons (Fsp3) is 0.208. The van der Waals surface area contributed by atoms with Gasteiger partial charge in [-0.25, -0.2) is 8.42 Å². The number of hydrogen-bond donors (Lipinski definition) is 2. The Hall–Kier alpha value is -3.32. The molecule has 31 heavy (non-hydrogen) atoms. The second kappa shape index (κ2) is 8.43. The zero-order valence-electron chi connectivity index (χ0n) is 17.2. The highest BCUT2D eigenvalue weighted by Gasteiger charge is 2.29. The number of fused-ring (bicyclic) bond motifs is 1. The quantitative estimate of drug-likeness (QED) is 0.632. The van der Waals surface area contributed by atoms with Crippen LogP contribution in [0, 0.1) is 0 Å². The molecule has 0 saturated carbocycles. The van der Waals surface area contributed by atoms with Crippen LogP contribution in [0.1, 0.15) is 40.9 Å². The van der Waals surface area contributed by atoms with Crippen molar-refractivity contribution in [3.05, 3.63) is 89.5 Å². The van der Waals surface area contributed by atoms with E-state index in [1.54, 1.807) is 43.3 Å². The van der Waals surface area contributed by atoms with Crippen molar-refractivity contribution in [2.45, 2.75) is 30.7 Å². The average Bonchev–Trinajstić information content (AvgIpc) is 2.78. The number of amides is 1. The zero-order valence-corrected chi connectivity index (χ0v) is 18.0. The van der Waals surface area contributed by atoms with Gasteiger partial charge >= 0.3 is 0 Å². The molecule has 0 aliphatic carbocycles. The topological polar surface area (TPSA) is 86.7 Å². The Kier molecular flexibility index (Phi) is 5.69. The minimum Gasteiger partial charge on any atom is -0.508 e. The third-order valence-corrected chi connectivity index (χ3v) is 7.28. The van der Waals surface area contributed by atoms with Crippen molar-refractivity contribution in [2.75, 3.05) is 10.8 Å². The highest BCUT2D eigenvalue weighted by atomic mass is 32.2. The maximum atomic E-state index is 13.4. The maximum Gasteiger partial charge on any atom is 0.264 e. The van der Waals surface area contributed by atoms with Crippen LogP contribution in [0.3, 0.4) is 0 Å². The number of sulfonamides is 1. The Labute approximate surface area is 182 Å². The van der Waals surface area contributed by atoms with Gasteiger partial charge in [0.1, 0.15) is 5.75 Å². The molecule has 7 heteroatoms. The summed E-state index contributed by atoms with van der Waals surface area (Å²) in [4.78, 5) is 12.9. The number of aromatic hydroxyl groups is 1. The largest absolute Gasteiger partial charge is 0.508 e. The van der Waals surface area contributed by atoms with Crippen LogP contribution >= 0.6 is 0 Å². The third-order valence-electron chi connectivity index (χ3n) is 5.47. The van der Waals surface area contributed by atoms with Gasteiger partial charge in [0.05, 0.1) is 16.6 Å². The molecule has 4 rings (SSSR count). The molecule has 1 amide bonds. The van der Waals surface area contributed by atoms with E-state index in [1.165, 1.54) is 16.4 Å². The lowest BCUT2D eigenvalue weighted by Gasteiger charge is -2.30. The van der Waals surface area contributed by atoms with Gasteiger partial charge in [-0.2, -0.15) is 0 Å². The van der Waals surface area contributed by atoms with Crippen LogP contribution < -0.4 is 9.62 Å². The summed E-state index contributed by atoms with van der Waals surface area (Å²) >= 11 is 0. The minimum atomic E-state index is -3.80. The zero-order chi connectivity index (χ0) is 22.0. The van der Waals surface area contributed by atoms with Crippen LogP contribution in [-0.4, -0.2) is 26.0 Å². The number of benzene rings is 3. The number of carbonyl (C=O) groups is 1. The van der Waals surface area contributed by atoms with E-state index in [4.69, 9.17) is 0 Å². The summed E-state index contributed by atoms with van der Waals surface area (Å²) in [7, 11) is -3.80. The Morgan fingerprint density at radius 3 is 2.61 bits per heavy atom. The number of para-hydroxylation sites is 1. The fourth-order valence-corrected chi connectivity index (χ4v) is 5.42. The molecule has 0 spiro atoms. The molecular formula is C24H24N2O4S. The lowest BCUT2D eigenvalue weighted by molar-refractivity contribution is 0.0939. The van der Waals surface area contributed by atoms with E-state index in [9.17, 15) is 18.3 Å². The summed E-state index contributed by atoms with van der Waals surface area (Å²) in [5.74, 6) is -0.263. The van der Waals surface area contributed by atoms with Crippen molar-refractivity contribution < 1.29 is 18.3 Å². The summed E-state index contributed by atoms with van der Waals surface area (Å²) in [5, 5.41) is 12.5. The summed E-state index contributed by atoms with van der Waals surface area (Å²) in [5.41, 5.74) is 2.72. The van der Waals surface area contributed by atoms with Gasteiger partial charge < -0.3 is 10.4 Å². The molecule has 0 fully saturated rings. The molecule has 0 unspecified atom stereocenters. The van der Waals surface area contributed by atoms with Crippen molar-refractivity contribution >= 4 is 21.6 Å². The number of phenols is 1. The third kappa shape index (κ3) is 4.27. The van der Waals surface area contributed by atoms with Crippen LogP contribution in [0.5, 0.6) is 5.75 Å². The van der Waals surface area contributed by atoms with Crippen molar-refractivity contribution in [2.24, 2.45) is 0 Å². The predicted octanol–water partition coefficient (Wildman–Crippen LogP) is 4.02. The van der Waals surface area contributed by atoms with Gasteiger partial charge in [-0.3, -0.25) is 9.10 Å². The first-order valence-electron chi connectivity index (χ1n) is 10.2. The lowest BCUT2D eigenvalue weighted by Crippen LogP contribution is -2.35. The van der Waals surface area contributed by atoms with Crippen molar-refractivity contribution in [3.8, 4) is 5.75 Å². The smallest absolute Gasteiger partial charge is 0.264 e. The highest BCUT2D eigenvalue weighted by molar-refractivity contribution is 7.92. The van der Waals surface area contributed by atoms with E-state index >= 15 is 0 Å². The Morgan fingerprint density at radius 1 is 1.03 bits per heavy atom. The SMILES string of the molecule is C[C@H](NC(=O)c1cccc(S(=O)(=O)N2CCCc3ccccc32)c1)c1cccc(O)c1. The monoisotopic (exact) mass is 436 g/mol. The molecule has 0 saturated heterocycles. The first-order valence-corrected chi connectivity index (χ1v) is 11.6. The molecule has 3 aromatic rings. The molecule has 0 bridgehead atoms. The first kappa shape index (κ1) is 20.9. The van der Waals surface area contributed by atoms with Gasteiger partial charge in [-0.05, 0) is 67.3 Å². The minimum absolute atomic E-state index is 0.0851. The molecule has 1 atom stereocenters. The number of nitrogens with one attached hydrogen (secondary N) is 1. The fourth-order valence-electron chi connectivity index (χ4n) is 3.83. The van der Waals surface area contributed by atoms with Gasteiger partial charge in [0.2, 0.25) is 0 Å². The maximum absolute atomic E-state index is 13.4. The number of hydrogen-bond acceptors (Lipinski definition) is 4. The van der Waals surface area contributed by atoms with Gasteiger partial charge in [-0.1, -0.05) is 36.4 Å². The second-order valence-electron chi connectivity index (χ2n) is 7.63. The number of nitrogens with zero attached hydrogens (tertiary/aromatic N) is 1. The molecule has 2 N–H and O–H groups in total. The molecule has 1 heterocycles. The second-order valence-corrected chi connectivity index (χ2v) is 9.49. The molecule has 0 radical (unpaired) electrons. The Morgan fingerprint density at radius 2 is 1.81 bits per heavy atom. The van der Waals surface area contributed by atoms with Crippen molar-refractivity contribution in [1.29, 1.82) is 0 Å². The van der Waals surface area contributed by atoms with Crippen molar-refractivity contribution in [3.63, 3.8) is 0 Å². The molecule has 6 nitrogen and oxygen atoms in total. The Bertz CT molecular complexity index is 1220. The summed E-state index contributed by atoms with van der Waals surface area (Å²) in [6.07, 6.45) is 1.59. The number of anilines is 1. The van der Waals surface area contributed by atoms with Gasteiger partial charge in [0.15, 0.2) is 0 Å². The number of aryl methyl sites for hydroxylation is 1.